The van der Waals surface area contributed by atoms with Gasteiger partial charge in [-0.3, -0.25) is 4.79 Å². The normalized spacial score (nSPS) is 50.9. The van der Waals surface area contributed by atoms with Gasteiger partial charge in [-0.2, -0.15) is 0 Å². The van der Waals surface area contributed by atoms with Gasteiger partial charge in [0.1, 0.15) is 5.60 Å². The van der Waals surface area contributed by atoms with E-state index in [-0.39, 0.29) is 11.6 Å². The second kappa shape index (κ2) is 3.77. The first-order valence-corrected chi connectivity index (χ1v) is 7.88. The molecule has 0 aliphatic heterocycles. The van der Waals surface area contributed by atoms with Crippen LogP contribution in [0.25, 0.3) is 0 Å². The van der Waals surface area contributed by atoms with Crippen LogP contribution in [0.3, 0.4) is 0 Å². The SMILES string of the molecule is CC(=O)O[C@@]1(C)CC[C@H]2C3[C@@H]1CC[C@]3(C)CC2(C)C. The zero-order valence-electron chi connectivity index (χ0n) is 13.1. The van der Waals surface area contributed by atoms with Crippen molar-refractivity contribution >= 4 is 5.97 Å². The predicted molar refractivity (Wildman–Crippen MR) is 75.6 cm³/mol. The average Bonchev–Trinajstić information content (AvgIpc) is 2.64. The first kappa shape index (κ1) is 13.5. The molecule has 108 valence electrons. The standard InChI is InChI=1S/C17H28O2/c1-11(18)19-17(5)9-7-12-14-13(17)6-8-16(14,4)10-15(12,2)3/h12-14H,6-10H2,1-5H3/t12-,13-,14?,16+,17-/m0/s1. The highest BCUT2D eigenvalue weighted by Gasteiger charge is 2.65. The minimum atomic E-state index is -0.203. The molecule has 3 aliphatic rings. The molecular weight excluding hydrogens is 236 g/mol. The minimum absolute atomic E-state index is 0.105. The molecule has 3 fully saturated rings. The van der Waals surface area contributed by atoms with E-state index >= 15 is 0 Å². The fraction of sp³-hybridized carbons (Fsp3) is 0.941. The van der Waals surface area contributed by atoms with Crippen LogP contribution in [0.4, 0.5) is 0 Å². The van der Waals surface area contributed by atoms with E-state index in [1.165, 1.54) is 25.7 Å². The average molecular weight is 264 g/mol. The Morgan fingerprint density at radius 2 is 1.68 bits per heavy atom. The van der Waals surface area contributed by atoms with Gasteiger partial charge in [-0.25, -0.2) is 0 Å². The van der Waals surface area contributed by atoms with E-state index in [4.69, 9.17) is 4.74 Å². The number of hydrogen-bond donors (Lipinski definition) is 0. The maximum atomic E-state index is 11.5. The van der Waals surface area contributed by atoms with E-state index in [0.717, 1.165) is 18.3 Å². The minimum Gasteiger partial charge on any atom is -0.459 e. The number of carbonyl (C=O) groups is 1. The van der Waals surface area contributed by atoms with Crippen LogP contribution >= 0.6 is 0 Å². The lowest BCUT2D eigenvalue weighted by atomic mass is 9.61. The summed E-state index contributed by atoms with van der Waals surface area (Å²) in [6.07, 6.45) is 6.20. The molecule has 3 rings (SSSR count). The van der Waals surface area contributed by atoms with Crippen molar-refractivity contribution in [2.24, 2.45) is 28.6 Å². The van der Waals surface area contributed by atoms with Gasteiger partial charge < -0.3 is 4.74 Å². The number of ether oxygens (including phenoxy) is 1. The Kier molecular flexibility index (Phi) is 2.67. The van der Waals surface area contributed by atoms with Crippen LogP contribution in [0.1, 0.15) is 66.7 Å². The number of esters is 1. The van der Waals surface area contributed by atoms with Gasteiger partial charge in [0.05, 0.1) is 0 Å². The van der Waals surface area contributed by atoms with Crippen LogP contribution in [0.15, 0.2) is 0 Å². The van der Waals surface area contributed by atoms with Gasteiger partial charge in [0.15, 0.2) is 0 Å². The largest absolute Gasteiger partial charge is 0.459 e. The van der Waals surface area contributed by atoms with Crippen molar-refractivity contribution in [2.45, 2.75) is 72.3 Å². The molecule has 0 heterocycles. The summed E-state index contributed by atoms with van der Waals surface area (Å²) in [5.41, 5.74) is 0.751. The van der Waals surface area contributed by atoms with E-state index in [1.807, 2.05) is 0 Å². The molecule has 1 unspecified atom stereocenters. The highest BCUT2D eigenvalue weighted by atomic mass is 16.6. The van der Waals surface area contributed by atoms with Crippen molar-refractivity contribution in [1.29, 1.82) is 0 Å². The lowest BCUT2D eigenvalue weighted by Crippen LogP contribution is -2.49. The van der Waals surface area contributed by atoms with Crippen LogP contribution in [-0.2, 0) is 9.53 Å². The third kappa shape index (κ3) is 1.78. The highest BCUT2D eigenvalue weighted by molar-refractivity contribution is 5.66. The van der Waals surface area contributed by atoms with Gasteiger partial charge in [-0.1, -0.05) is 20.8 Å². The van der Waals surface area contributed by atoms with Gasteiger partial charge >= 0.3 is 5.97 Å². The van der Waals surface area contributed by atoms with Gasteiger partial charge in [-0.05, 0) is 61.7 Å². The van der Waals surface area contributed by atoms with Crippen LogP contribution in [0.2, 0.25) is 0 Å². The summed E-state index contributed by atoms with van der Waals surface area (Å²) in [5, 5.41) is 0. The topological polar surface area (TPSA) is 26.3 Å². The molecule has 0 spiro atoms. The second-order valence-corrected chi connectivity index (χ2v) is 8.54. The van der Waals surface area contributed by atoms with Crippen molar-refractivity contribution in [2.75, 3.05) is 0 Å². The van der Waals surface area contributed by atoms with Crippen LogP contribution < -0.4 is 0 Å². The van der Waals surface area contributed by atoms with Crippen molar-refractivity contribution in [1.82, 2.24) is 0 Å². The van der Waals surface area contributed by atoms with Crippen molar-refractivity contribution in [3.63, 3.8) is 0 Å². The molecule has 0 aromatic rings. The lowest BCUT2D eigenvalue weighted by molar-refractivity contribution is -0.172. The molecule has 0 amide bonds. The zero-order chi connectivity index (χ0) is 14.1. The van der Waals surface area contributed by atoms with Crippen LogP contribution in [0, 0.1) is 28.6 Å². The zero-order valence-corrected chi connectivity index (χ0v) is 13.1. The quantitative estimate of drug-likeness (QED) is 0.664. The fourth-order valence-corrected chi connectivity index (χ4v) is 6.29. The lowest BCUT2D eigenvalue weighted by Gasteiger charge is -2.48. The Balaban J connectivity index is 1.95. The monoisotopic (exact) mass is 264 g/mol. The Morgan fingerprint density at radius 1 is 1.05 bits per heavy atom. The third-order valence-corrected chi connectivity index (χ3v) is 6.67. The maximum Gasteiger partial charge on any atom is 0.303 e. The molecule has 0 aromatic heterocycles. The second-order valence-electron chi connectivity index (χ2n) is 8.54. The number of hydrogen-bond acceptors (Lipinski definition) is 2. The van der Waals surface area contributed by atoms with E-state index in [2.05, 4.69) is 27.7 Å². The van der Waals surface area contributed by atoms with Crippen molar-refractivity contribution < 1.29 is 9.53 Å². The predicted octanol–water partition coefficient (Wildman–Crippen LogP) is 4.18. The summed E-state index contributed by atoms with van der Waals surface area (Å²) >= 11 is 0. The highest BCUT2D eigenvalue weighted by Crippen LogP contribution is 2.70. The first-order chi connectivity index (χ1) is 8.68. The van der Waals surface area contributed by atoms with Gasteiger partial charge in [0, 0.05) is 12.8 Å². The number of rotatable bonds is 1. The molecule has 2 heteroatoms. The summed E-state index contributed by atoms with van der Waals surface area (Å²) in [6, 6.07) is 0. The van der Waals surface area contributed by atoms with Gasteiger partial charge in [-0.15, -0.1) is 0 Å². The molecule has 0 N–H and O–H groups in total. The van der Waals surface area contributed by atoms with E-state index in [0.29, 0.717) is 16.7 Å². The van der Waals surface area contributed by atoms with Crippen molar-refractivity contribution in [3.05, 3.63) is 0 Å². The van der Waals surface area contributed by atoms with Gasteiger partial charge in [0.2, 0.25) is 0 Å². The van der Waals surface area contributed by atoms with Crippen LogP contribution in [-0.4, -0.2) is 11.6 Å². The molecule has 3 aliphatic carbocycles. The molecule has 5 atom stereocenters. The summed E-state index contributed by atoms with van der Waals surface area (Å²) in [7, 11) is 0. The molecule has 19 heavy (non-hydrogen) atoms. The fourth-order valence-electron chi connectivity index (χ4n) is 6.29. The summed E-state index contributed by atoms with van der Waals surface area (Å²) in [6.45, 7) is 11.1. The van der Waals surface area contributed by atoms with Crippen LogP contribution in [0.5, 0.6) is 0 Å². The Labute approximate surface area is 117 Å². The molecule has 2 nitrogen and oxygen atoms in total. The molecular formula is C17H28O2. The Hall–Kier alpha value is -0.530. The molecule has 0 aromatic carbocycles. The third-order valence-electron chi connectivity index (χ3n) is 6.67. The summed E-state index contributed by atoms with van der Waals surface area (Å²) < 4.78 is 5.79. The molecule has 0 saturated heterocycles. The summed E-state index contributed by atoms with van der Waals surface area (Å²) in [4.78, 5) is 11.5. The smallest absolute Gasteiger partial charge is 0.303 e. The van der Waals surface area contributed by atoms with E-state index < -0.39 is 0 Å². The van der Waals surface area contributed by atoms with Gasteiger partial charge in [0.25, 0.3) is 0 Å². The van der Waals surface area contributed by atoms with Crippen molar-refractivity contribution in [3.8, 4) is 0 Å². The van der Waals surface area contributed by atoms with E-state index in [1.54, 1.807) is 6.92 Å². The molecule has 0 radical (unpaired) electrons. The summed E-state index contributed by atoms with van der Waals surface area (Å²) in [5.74, 6) is 2.07. The number of carbonyl (C=O) groups excluding carboxylic acids is 1. The molecule has 3 saturated carbocycles. The Bertz CT molecular complexity index is 413. The molecule has 0 bridgehead atoms. The first-order valence-electron chi connectivity index (χ1n) is 7.88. The van der Waals surface area contributed by atoms with E-state index in [9.17, 15) is 4.79 Å². The maximum absolute atomic E-state index is 11.5. The Morgan fingerprint density at radius 3 is 2.32 bits per heavy atom.